The molecule has 3 fully saturated rings. The second-order valence-electron chi connectivity index (χ2n) is 16.8. The molecular formula is C40H45F5N8O2. The van der Waals surface area contributed by atoms with Gasteiger partial charge >= 0.3 is 0 Å². The van der Waals surface area contributed by atoms with E-state index >= 15 is 13.2 Å². The number of hydrogen-bond acceptors (Lipinski definition) is 7. The Hall–Kier alpha value is -4.66. The number of piperidine rings is 1. The largest absolute Gasteiger partial charge is 0.341 e. The molecular weight excluding hydrogens is 719 g/mol. The zero-order chi connectivity index (χ0) is 39.4. The Morgan fingerprint density at radius 1 is 0.964 bits per heavy atom. The molecule has 15 heteroatoms. The van der Waals surface area contributed by atoms with Crippen molar-refractivity contribution in [1.82, 2.24) is 29.7 Å². The van der Waals surface area contributed by atoms with Crippen molar-refractivity contribution >= 4 is 40.0 Å². The molecule has 2 aliphatic carbocycles. The molecule has 8 rings (SSSR count). The third-order valence-electron chi connectivity index (χ3n) is 12.3. The van der Waals surface area contributed by atoms with Gasteiger partial charge in [-0.1, -0.05) is 6.42 Å². The molecule has 0 radical (unpaired) electrons. The first kappa shape index (κ1) is 37.3. The van der Waals surface area contributed by atoms with Crippen LogP contribution in [0.4, 0.5) is 39.1 Å². The Balaban J connectivity index is 1.19. The minimum Gasteiger partial charge on any atom is -0.341 e. The van der Waals surface area contributed by atoms with Gasteiger partial charge in [0.25, 0.3) is 12.3 Å². The van der Waals surface area contributed by atoms with Crippen molar-refractivity contribution in [3.63, 3.8) is 0 Å². The predicted octanol–water partition coefficient (Wildman–Crippen LogP) is 8.10. The standard InChI is InChI=1S/C40H45F5N8O2/c1-20(2)52-19-46-27-16-25(47-34(31(27)52)48-26-14-23(21(3)29(41)30(26)42)35(54)50-40(10-11-40)36(44)45)24-15-28-32(49-33(24)43)38(4,5)37(55)53(28)22-17-39(6,18-22)51-12-8-7-9-13-51/h14-16,19-20,22,36H,7-13,17-18H2,1-6H3,(H,47,48)(H,50,54)/t22-,39+. The highest BCUT2D eigenvalue weighted by Crippen LogP contribution is 2.50. The normalized spacial score (nSPS) is 23.0. The highest BCUT2D eigenvalue weighted by atomic mass is 19.3. The van der Waals surface area contributed by atoms with Crippen LogP contribution < -0.4 is 15.5 Å². The Kier molecular flexibility index (Phi) is 8.78. The fourth-order valence-corrected chi connectivity index (χ4v) is 8.68. The number of amides is 2. The highest BCUT2D eigenvalue weighted by molar-refractivity contribution is 6.08. The van der Waals surface area contributed by atoms with Crippen LogP contribution in [0.3, 0.4) is 0 Å². The van der Waals surface area contributed by atoms with Gasteiger partial charge in [0.05, 0.1) is 45.6 Å². The van der Waals surface area contributed by atoms with Crippen LogP contribution in [0.5, 0.6) is 0 Å². The summed E-state index contributed by atoms with van der Waals surface area (Å²) in [5.74, 6) is -4.67. The molecule has 0 unspecified atom stereocenters. The van der Waals surface area contributed by atoms with Crippen LogP contribution in [0.25, 0.3) is 22.3 Å². The highest BCUT2D eigenvalue weighted by Gasteiger charge is 2.55. The van der Waals surface area contributed by atoms with E-state index in [-0.39, 0.29) is 64.6 Å². The quantitative estimate of drug-likeness (QED) is 0.131. The van der Waals surface area contributed by atoms with Crippen LogP contribution in [-0.2, 0) is 10.2 Å². The zero-order valence-electron chi connectivity index (χ0n) is 31.8. The van der Waals surface area contributed by atoms with Crippen molar-refractivity contribution in [2.75, 3.05) is 23.3 Å². The first-order chi connectivity index (χ1) is 26.0. The molecule has 0 atom stereocenters. The van der Waals surface area contributed by atoms with Crippen molar-refractivity contribution in [2.45, 2.75) is 121 Å². The number of likely N-dealkylation sites (tertiary alicyclic amines) is 1. The summed E-state index contributed by atoms with van der Waals surface area (Å²) in [7, 11) is 0. The lowest BCUT2D eigenvalue weighted by Gasteiger charge is -2.55. The van der Waals surface area contributed by atoms with E-state index in [0.29, 0.717) is 22.4 Å². The predicted molar refractivity (Wildman–Crippen MR) is 198 cm³/mol. The van der Waals surface area contributed by atoms with Crippen LogP contribution in [0, 0.1) is 24.5 Å². The molecule has 2 aliphatic heterocycles. The number of pyridine rings is 2. The van der Waals surface area contributed by atoms with E-state index in [1.807, 2.05) is 13.8 Å². The van der Waals surface area contributed by atoms with E-state index in [9.17, 15) is 18.4 Å². The number of aromatic nitrogens is 4. The SMILES string of the molecule is Cc1c(C(=O)NC2(C(F)F)CC2)cc(Nc2nc(-c3cc4c(nc3F)C(C)(C)C(=O)N4[C@H]3C[C@@](C)(N4CCCCC4)C3)cc3ncn(C(C)C)c23)c(F)c1F. The van der Waals surface area contributed by atoms with Gasteiger partial charge < -0.3 is 20.1 Å². The lowest BCUT2D eigenvalue weighted by atomic mass is 9.71. The van der Waals surface area contributed by atoms with Crippen molar-refractivity contribution in [2.24, 2.45) is 0 Å². The van der Waals surface area contributed by atoms with E-state index in [0.717, 1.165) is 44.8 Å². The van der Waals surface area contributed by atoms with Gasteiger partial charge in [0.2, 0.25) is 11.9 Å². The Morgan fingerprint density at radius 3 is 2.29 bits per heavy atom. The van der Waals surface area contributed by atoms with Crippen LogP contribution in [0.15, 0.2) is 24.5 Å². The number of fused-ring (bicyclic) bond motifs is 2. The maximum absolute atomic E-state index is 16.2. The Morgan fingerprint density at radius 2 is 1.65 bits per heavy atom. The van der Waals surface area contributed by atoms with Gasteiger partial charge in [0, 0.05) is 28.7 Å². The van der Waals surface area contributed by atoms with E-state index in [1.54, 1.807) is 41.8 Å². The number of halogens is 5. The van der Waals surface area contributed by atoms with Crippen molar-refractivity contribution in [3.8, 4) is 11.3 Å². The zero-order valence-corrected chi connectivity index (χ0v) is 31.8. The topological polar surface area (TPSA) is 108 Å². The number of nitrogens with zero attached hydrogens (tertiary/aromatic N) is 6. The molecule has 292 valence electrons. The number of anilines is 3. The molecule has 2 saturated carbocycles. The minimum atomic E-state index is -2.82. The second-order valence-corrected chi connectivity index (χ2v) is 16.8. The molecule has 2 N–H and O–H groups in total. The number of nitrogens with one attached hydrogen (secondary N) is 2. The number of rotatable bonds is 9. The number of imidazole rings is 1. The number of carbonyl (C=O) groups excluding carboxylic acids is 2. The number of carbonyl (C=O) groups is 2. The Bertz CT molecular complexity index is 2240. The summed E-state index contributed by atoms with van der Waals surface area (Å²) in [5.41, 5.74) is -2.35. The maximum Gasteiger partial charge on any atom is 0.261 e. The van der Waals surface area contributed by atoms with Crippen molar-refractivity contribution in [1.29, 1.82) is 0 Å². The van der Waals surface area contributed by atoms with Crippen LogP contribution in [0.1, 0.15) is 107 Å². The fraction of sp³-hybridized carbons (Fsp3) is 0.525. The van der Waals surface area contributed by atoms with Gasteiger partial charge in [-0.15, -0.1) is 0 Å². The molecule has 1 aromatic carbocycles. The van der Waals surface area contributed by atoms with Gasteiger partial charge in [0.15, 0.2) is 17.5 Å². The lowest BCUT2D eigenvalue weighted by molar-refractivity contribution is -0.123. The maximum atomic E-state index is 16.2. The summed E-state index contributed by atoms with van der Waals surface area (Å²) in [6, 6.07) is 3.95. The first-order valence-electron chi connectivity index (χ1n) is 19.0. The average Bonchev–Trinajstić information content (AvgIpc) is 3.74. The number of hydrogen-bond donors (Lipinski definition) is 2. The number of alkyl halides is 2. The summed E-state index contributed by atoms with van der Waals surface area (Å²) < 4.78 is 76.4. The molecule has 4 aromatic rings. The van der Waals surface area contributed by atoms with E-state index in [2.05, 4.69) is 32.4 Å². The van der Waals surface area contributed by atoms with Gasteiger partial charge in [0.1, 0.15) is 11.1 Å². The molecule has 10 nitrogen and oxygen atoms in total. The average molecular weight is 765 g/mol. The molecule has 3 aromatic heterocycles. The molecule has 0 bridgehead atoms. The molecule has 0 spiro atoms. The summed E-state index contributed by atoms with van der Waals surface area (Å²) in [5, 5.41) is 5.13. The minimum absolute atomic E-state index is 0.0197. The molecule has 2 amide bonds. The van der Waals surface area contributed by atoms with E-state index < -0.39 is 46.6 Å². The monoisotopic (exact) mass is 764 g/mol. The summed E-state index contributed by atoms with van der Waals surface area (Å²) in [4.78, 5) is 45.1. The third kappa shape index (κ3) is 5.95. The van der Waals surface area contributed by atoms with Crippen LogP contribution in [0.2, 0.25) is 0 Å². The Labute approximate surface area is 315 Å². The van der Waals surface area contributed by atoms with Gasteiger partial charge in [-0.2, -0.15) is 4.39 Å². The van der Waals surface area contributed by atoms with Crippen molar-refractivity contribution in [3.05, 3.63) is 58.9 Å². The number of benzene rings is 1. The third-order valence-corrected chi connectivity index (χ3v) is 12.3. The fourth-order valence-electron chi connectivity index (χ4n) is 8.68. The van der Waals surface area contributed by atoms with Gasteiger partial charge in [-0.05, 0) is 111 Å². The van der Waals surface area contributed by atoms with Crippen LogP contribution >= 0.6 is 0 Å². The van der Waals surface area contributed by atoms with E-state index in [4.69, 9.17) is 4.98 Å². The molecule has 5 heterocycles. The van der Waals surface area contributed by atoms with Gasteiger partial charge in [-0.3, -0.25) is 14.5 Å². The van der Waals surface area contributed by atoms with Crippen molar-refractivity contribution < 1.29 is 31.5 Å². The van der Waals surface area contributed by atoms with Crippen LogP contribution in [-0.4, -0.2) is 72.9 Å². The molecule has 55 heavy (non-hydrogen) atoms. The lowest BCUT2D eigenvalue weighted by Crippen LogP contribution is -2.64. The summed E-state index contributed by atoms with van der Waals surface area (Å²) in [6.07, 6.45) is 3.92. The first-order valence-corrected chi connectivity index (χ1v) is 19.0. The summed E-state index contributed by atoms with van der Waals surface area (Å²) in [6.45, 7) is 12.8. The second kappa shape index (κ2) is 13.0. The van der Waals surface area contributed by atoms with E-state index in [1.165, 1.54) is 13.3 Å². The molecule has 4 aliphatic rings. The smallest absolute Gasteiger partial charge is 0.261 e. The van der Waals surface area contributed by atoms with Gasteiger partial charge in [-0.25, -0.2) is 32.5 Å². The summed E-state index contributed by atoms with van der Waals surface area (Å²) >= 11 is 0. The molecule has 1 saturated heterocycles.